The topological polar surface area (TPSA) is 9.23 Å². The summed E-state index contributed by atoms with van der Waals surface area (Å²) in [6.07, 6.45) is 11.8. The summed E-state index contributed by atoms with van der Waals surface area (Å²) in [6, 6.07) is 0. The molecule has 0 saturated carbocycles. The number of halogens is 1. The predicted molar refractivity (Wildman–Crippen MR) is 48.2 cm³/mol. The number of allylic oxidation sites excluding steroid dienone is 4. The maximum Gasteiger partial charge on any atom is 0.142 e. The summed E-state index contributed by atoms with van der Waals surface area (Å²) in [5, 5.41) is 0. The molecule has 0 bridgehead atoms. The molecule has 11 heavy (non-hydrogen) atoms. The van der Waals surface area contributed by atoms with Gasteiger partial charge in [-0.2, -0.15) is 0 Å². The highest BCUT2D eigenvalue weighted by Crippen LogP contribution is 2.27. The molecule has 0 fully saturated rings. The van der Waals surface area contributed by atoms with Gasteiger partial charge in [0.25, 0.3) is 0 Å². The van der Waals surface area contributed by atoms with Crippen LogP contribution in [-0.2, 0) is 4.74 Å². The fraction of sp³-hybridized carbons (Fsp3) is 0.111. The minimum atomic E-state index is 0.111. The average molecular weight is 211 g/mol. The van der Waals surface area contributed by atoms with Gasteiger partial charge in [0.05, 0.1) is 6.26 Å². The molecule has 0 amide bonds. The van der Waals surface area contributed by atoms with Crippen molar-refractivity contribution < 1.29 is 4.74 Å². The van der Waals surface area contributed by atoms with Crippen molar-refractivity contribution in [3.05, 3.63) is 46.7 Å². The highest BCUT2D eigenvalue weighted by molar-refractivity contribution is 9.11. The molecule has 0 saturated heterocycles. The highest BCUT2D eigenvalue weighted by atomic mass is 79.9. The highest BCUT2D eigenvalue weighted by Gasteiger charge is 2.16. The van der Waals surface area contributed by atoms with E-state index in [-0.39, 0.29) is 6.10 Å². The van der Waals surface area contributed by atoms with E-state index >= 15 is 0 Å². The van der Waals surface area contributed by atoms with Crippen molar-refractivity contribution in [2.75, 3.05) is 0 Å². The standard InChI is InChI=1S/C9H7BrO/c10-8-5-6-11-9-4-2-1-3-7(8)9/h1-6,9H. The van der Waals surface area contributed by atoms with Crippen molar-refractivity contribution >= 4 is 15.9 Å². The largest absolute Gasteiger partial charge is 0.489 e. The maximum atomic E-state index is 5.35. The Morgan fingerprint density at radius 2 is 2.18 bits per heavy atom. The lowest BCUT2D eigenvalue weighted by Crippen LogP contribution is -2.13. The van der Waals surface area contributed by atoms with Gasteiger partial charge in [0.1, 0.15) is 6.10 Å². The molecule has 1 aliphatic heterocycles. The summed E-state index contributed by atoms with van der Waals surface area (Å²) in [7, 11) is 0. The molecule has 0 aromatic rings. The van der Waals surface area contributed by atoms with Gasteiger partial charge in [-0.3, -0.25) is 0 Å². The minimum absolute atomic E-state index is 0.111. The second-order valence-corrected chi connectivity index (χ2v) is 3.26. The van der Waals surface area contributed by atoms with E-state index in [0.29, 0.717) is 0 Å². The summed E-state index contributed by atoms with van der Waals surface area (Å²) in [6.45, 7) is 0. The second kappa shape index (κ2) is 2.70. The van der Waals surface area contributed by atoms with Crippen LogP contribution in [0.3, 0.4) is 0 Å². The molecule has 2 aliphatic rings. The van der Waals surface area contributed by atoms with Crippen LogP contribution >= 0.6 is 15.9 Å². The average Bonchev–Trinajstić information content (AvgIpc) is 2.06. The molecule has 1 heterocycles. The van der Waals surface area contributed by atoms with Crippen molar-refractivity contribution in [3.63, 3.8) is 0 Å². The zero-order valence-electron chi connectivity index (χ0n) is 5.83. The van der Waals surface area contributed by atoms with Gasteiger partial charge in [-0.15, -0.1) is 0 Å². The van der Waals surface area contributed by atoms with Gasteiger partial charge in [0.15, 0.2) is 0 Å². The van der Waals surface area contributed by atoms with E-state index in [9.17, 15) is 0 Å². The second-order valence-electron chi connectivity index (χ2n) is 2.41. The monoisotopic (exact) mass is 210 g/mol. The van der Waals surface area contributed by atoms with Crippen LogP contribution in [0.1, 0.15) is 0 Å². The number of rotatable bonds is 0. The first kappa shape index (κ1) is 6.92. The van der Waals surface area contributed by atoms with Crippen LogP contribution in [0.25, 0.3) is 0 Å². The van der Waals surface area contributed by atoms with E-state index in [2.05, 4.69) is 22.0 Å². The van der Waals surface area contributed by atoms with Crippen molar-refractivity contribution in [2.24, 2.45) is 0 Å². The lowest BCUT2D eigenvalue weighted by molar-refractivity contribution is 0.215. The molecule has 56 valence electrons. The molecule has 1 aliphatic carbocycles. The smallest absolute Gasteiger partial charge is 0.142 e. The first-order chi connectivity index (χ1) is 5.38. The number of hydrogen-bond acceptors (Lipinski definition) is 1. The Morgan fingerprint density at radius 1 is 1.27 bits per heavy atom. The fourth-order valence-electron chi connectivity index (χ4n) is 1.14. The lowest BCUT2D eigenvalue weighted by atomic mass is 10.0. The predicted octanol–water partition coefficient (Wildman–Crippen LogP) is 2.67. The Morgan fingerprint density at radius 3 is 3.00 bits per heavy atom. The molecule has 1 atom stereocenters. The normalized spacial score (nSPS) is 26.8. The van der Waals surface area contributed by atoms with Gasteiger partial charge in [-0.1, -0.05) is 34.2 Å². The first-order valence-corrected chi connectivity index (χ1v) is 4.24. The number of fused-ring (bicyclic) bond motifs is 1. The third-order valence-corrected chi connectivity index (χ3v) is 2.42. The van der Waals surface area contributed by atoms with Crippen LogP contribution in [0.2, 0.25) is 0 Å². The van der Waals surface area contributed by atoms with Crippen LogP contribution in [0.5, 0.6) is 0 Å². The molecular formula is C9H7BrO. The Hall–Kier alpha value is -0.760. The first-order valence-electron chi connectivity index (χ1n) is 3.44. The fourth-order valence-corrected chi connectivity index (χ4v) is 1.60. The van der Waals surface area contributed by atoms with Gasteiger partial charge < -0.3 is 4.74 Å². The van der Waals surface area contributed by atoms with E-state index in [4.69, 9.17) is 4.74 Å². The Kier molecular flexibility index (Phi) is 1.70. The van der Waals surface area contributed by atoms with Gasteiger partial charge in [-0.25, -0.2) is 0 Å². The Labute approximate surface area is 73.9 Å². The van der Waals surface area contributed by atoms with Gasteiger partial charge in [0, 0.05) is 10.1 Å². The molecular weight excluding hydrogens is 204 g/mol. The summed E-state index contributed by atoms with van der Waals surface area (Å²) in [4.78, 5) is 0. The lowest BCUT2D eigenvalue weighted by Gasteiger charge is -2.20. The third-order valence-electron chi connectivity index (χ3n) is 1.69. The Bertz CT molecular complexity index is 284. The van der Waals surface area contributed by atoms with E-state index < -0.39 is 0 Å². The molecule has 1 unspecified atom stereocenters. The number of hydrogen-bond donors (Lipinski definition) is 0. The van der Waals surface area contributed by atoms with E-state index in [1.807, 2.05) is 24.3 Å². The molecule has 0 spiro atoms. The zero-order chi connectivity index (χ0) is 7.68. The molecule has 1 nitrogen and oxygen atoms in total. The third kappa shape index (κ3) is 1.18. The minimum Gasteiger partial charge on any atom is -0.489 e. The quantitative estimate of drug-likeness (QED) is 0.598. The number of ether oxygens (including phenoxy) is 1. The van der Waals surface area contributed by atoms with Crippen molar-refractivity contribution in [2.45, 2.75) is 6.10 Å². The van der Waals surface area contributed by atoms with Crippen molar-refractivity contribution in [1.82, 2.24) is 0 Å². The van der Waals surface area contributed by atoms with Crippen LogP contribution in [0.4, 0.5) is 0 Å². The molecule has 2 rings (SSSR count). The van der Waals surface area contributed by atoms with Crippen LogP contribution in [0, 0.1) is 0 Å². The van der Waals surface area contributed by atoms with Crippen molar-refractivity contribution in [1.29, 1.82) is 0 Å². The molecule has 2 heteroatoms. The SMILES string of the molecule is BrC1=C2C=CC=CC2OC=C1. The molecule has 0 aromatic carbocycles. The van der Waals surface area contributed by atoms with E-state index in [0.717, 1.165) is 4.48 Å². The van der Waals surface area contributed by atoms with Crippen LogP contribution < -0.4 is 0 Å². The summed E-state index contributed by atoms with van der Waals surface area (Å²) < 4.78 is 6.45. The molecule has 0 N–H and O–H groups in total. The van der Waals surface area contributed by atoms with E-state index in [1.54, 1.807) is 6.26 Å². The zero-order valence-corrected chi connectivity index (χ0v) is 7.41. The summed E-state index contributed by atoms with van der Waals surface area (Å²) >= 11 is 3.46. The maximum absolute atomic E-state index is 5.35. The van der Waals surface area contributed by atoms with Gasteiger partial charge in [0.2, 0.25) is 0 Å². The molecule has 0 radical (unpaired) electrons. The summed E-state index contributed by atoms with van der Waals surface area (Å²) in [5.74, 6) is 0. The summed E-state index contributed by atoms with van der Waals surface area (Å²) in [5.41, 5.74) is 1.19. The Balaban J connectivity index is 2.43. The van der Waals surface area contributed by atoms with Gasteiger partial charge >= 0.3 is 0 Å². The van der Waals surface area contributed by atoms with Crippen LogP contribution in [0.15, 0.2) is 46.7 Å². The van der Waals surface area contributed by atoms with Crippen molar-refractivity contribution in [3.8, 4) is 0 Å². The van der Waals surface area contributed by atoms with Crippen LogP contribution in [-0.4, -0.2) is 6.10 Å². The van der Waals surface area contributed by atoms with E-state index in [1.165, 1.54) is 5.57 Å². The van der Waals surface area contributed by atoms with Gasteiger partial charge in [-0.05, 0) is 12.2 Å². The molecule has 0 aromatic heterocycles.